The van der Waals surface area contributed by atoms with Crippen LogP contribution < -0.4 is 14.8 Å². The SMILES string of the molecule is COc1ccc(C(=O)NCC(=O)N(C)[C@@H](C)c2ccccc2)cc1OC. The van der Waals surface area contributed by atoms with Crippen LogP contribution in [0.3, 0.4) is 0 Å². The fourth-order valence-electron chi connectivity index (χ4n) is 2.53. The maximum absolute atomic E-state index is 12.4. The first-order valence-corrected chi connectivity index (χ1v) is 8.28. The van der Waals surface area contributed by atoms with Crippen LogP contribution in [0, 0.1) is 0 Å². The molecule has 0 saturated carbocycles. The Labute approximate surface area is 153 Å². The summed E-state index contributed by atoms with van der Waals surface area (Å²) in [4.78, 5) is 26.3. The number of hydrogen-bond donors (Lipinski definition) is 1. The zero-order chi connectivity index (χ0) is 19.1. The fraction of sp³-hybridized carbons (Fsp3) is 0.300. The number of hydrogen-bond acceptors (Lipinski definition) is 4. The number of nitrogens with one attached hydrogen (secondary N) is 1. The molecule has 6 nitrogen and oxygen atoms in total. The van der Waals surface area contributed by atoms with Crippen LogP contribution in [0.2, 0.25) is 0 Å². The van der Waals surface area contributed by atoms with Crippen LogP contribution in [0.4, 0.5) is 0 Å². The number of carbonyl (C=O) groups excluding carboxylic acids is 2. The highest BCUT2D eigenvalue weighted by molar-refractivity contribution is 5.97. The summed E-state index contributed by atoms with van der Waals surface area (Å²) in [5.41, 5.74) is 1.43. The summed E-state index contributed by atoms with van der Waals surface area (Å²) in [7, 11) is 4.76. The van der Waals surface area contributed by atoms with Gasteiger partial charge in [-0.1, -0.05) is 30.3 Å². The van der Waals surface area contributed by atoms with Gasteiger partial charge in [-0.05, 0) is 30.7 Å². The van der Waals surface area contributed by atoms with Gasteiger partial charge >= 0.3 is 0 Å². The molecule has 0 bridgehead atoms. The molecule has 0 fully saturated rings. The quantitative estimate of drug-likeness (QED) is 0.828. The van der Waals surface area contributed by atoms with E-state index in [-0.39, 0.29) is 24.4 Å². The van der Waals surface area contributed by atoms with Crippen molar-refractivity contribution in [2.24, 2.45) is 0 Å². The summed E-state index contributed by atoms with van der Waals surface area (Å²) in [6, 6.07) is 14.5. The average Bonchev–Trinajstić information content (AvgIpc) is 2.70. The van der Waals surface area contributed by atoms with Gasteiger partial charge in [0.05, 0.1) is 26.8 Å². The lowest BCUT2D eigenvalue weighted by Gasteiger charge is -2.25. The molecule has 0 aliphatic rings. The molecular weight excluding hydrogens is 332 g/mol. The topological polar surface area (TPSA) is 67.9 Å². The van der Waals surface area contributed by atoms with E-state index < -0.39 is 0 Å². The second-order valence-electron chi connectivity index (χ2n) is 5.84. The first kappa shape index (κ1) is 19.3. The Hall–Kier alpha value is -3.02. The Balaban J connectivity index is 1.97. The lowest BCUT2D eigenvalue weighted by Crippen LogP contribution is -2.39. The van der Waals surface area contributed by atoms with Gasteiger partial charge in [0.2, 0.25) is 5.91 Å². The van der Waals surface area contributed by atoms with Crippen molar-refractivity contribution in [1.29, 1.82) is 0 Å². The summed E-state index contributed by atoms with van der Waals surface area (Å²) < 4.78 is 10.3. The molecule has 0 spiro atoms. The van der Waals surface area contributed by atoms with Crippen molar-refractivity contribution in [3.05, 3.63) is 59.7 Å². The molecule has 0 aliphatic carbocycles. The molecule has 0 aliphatic heterocycles. The number of amides is 2. The predicted octanol–water partition coefficient (Wildman–Crippen LogP) is 2.65. The summed E-state index contributed by atoms with van der Waals surface area (Å²) in [5.74, 6) is 0.480. The number of likely N-dealkylation sites (N-methyl/N-ethyl adjacent to an activating group) is 1. The Morgan fingerprint density at radius 1 is 1.04 bits per heavy atom. The third kappa shape index (κ3) is 4.53. The lowest BCUT2D eigenvalue weighted by atomic mass is 10.1. The van der Waals surface area contributed by atoms with Gasteiger partial charge < -0.3 is 19.7 Å². The van der Waals surface area contributed by atoms with Crippen LogP contribution >= 0.6 is 0 Å². The molecule has 1 atom stereocenters. The van der Waals surface area contributed by atoms with E-state index >= 15 is 0 Å². The van der Waals surface area contributed by atoms with Crippen molar-refractivity contribution in [3.63, 3.8) is 0 Å². The molecular formula is C20H24N2O4. The van der Waals surface area contributed by atoms with E-state index in [1.54, 1.807) is 30.1 Å². The first-order valence-electron chi connectivity index (χ1n) is 8.28. The van der Waals surface area contributed by atoms with Crippen LogP contribution in [0.5, 0.6) is 11.5 Å². The summed E-state index contributed by atoms with van der Waals surface area (Å²) in [6.45, 7) is 1.87. The van der Waals surface area contributed by atoms with Crippen LogP contribution in [-0.2, 0) is 4.79 Å². The van der Waals surface area contributed by atoms with Gasteiger partial charge in [0.15, 0.2) is 11.5 Å². The van der Waals surface area contributed by atoms with Gasteiger partial charge in [0.1, 0.15) is 0 Å². The highest BCUT2D eigenvalue weighted by atomic mass is 16.5. The van der Waals surface area contributed by atoms with E-state index in [1.807, 2.05) is 37.3 Å². The zero-order valence-corrected chi connectivity index (χ0v) is 15.5. The van der Waals surface area contributed by atoms with Crippen molar-refractivity contribution in [2.45, 2.75) is 13.0 Å². The highest BCUT2D eigenvalue weighted by Crippen LogP contribution is 2.27. The Kier molecular flexibility index (Phi) is 6.60. The number of rotatable bonds is 7. The minimum absolute atomic E-state index is 0.0818. The molecule has 138 valence electrons. The Morgan fingerprint density at radius 3 is 2.31 bits per heavy atom. The number of benzene rings is 2. The molecule has 1 N–H and O–H groups in total. The average molecular weight is 356 g/mol. The largest absolute Gasteiger partial charge is 0.493 e. The van der Waals surface area contributed by atoms with Crippen molar-refractivity contribution in [2.75, 3.05) is 27.8 Å². The molecule has 2 aromatic carbocycles. The summed E-state index contributed by atoms with van der Waals surface area (Å²) >= 11 is 0. The van der Waals surface area contributed by atoms with Crippen LogP contribution in [0.25, 0.3) is 0 Å². The molecule has 26 heavy (non-hydrogen) atoms. The first-order chi connectivity index (χ1) is 12.5. The minimum atomic E-state index is -0.347. The highest BCUT2D eigenvalue weighted by Gasteiger charge is 2.18. The Morgan fingerprint density at radius 2 is 1.69 bits per heavy atom. The van der Waals surface area contributed by atoms with E-state index in [0.717, 1.165) is 5.56 Å². The van der Waals surface area contributed by atoms with Crippen LogP contribution in [-0.4, -0.2) is 44.5 Å². The molecule has 0 radical (unpaired) electrons. The minimum Gasteiger partial charge on any atom is -0.493 e. The van der Waals surface area contributed by atoms with Gasteiger partial charge in [-0.2, -0.15) is 0 Å². The summed E-state index contributed by atoms with van der Waals surface area (Å²) in [6.07, 6.45) is 0. The van der Waals surface area contributed by atoms with E-state index in [1.165, 1.54) is 14.2 Å². The van der Waals surface area contributed by atoms with Crippen molar-refractivity contribution in [1.82, 2.24) is 10.2 Å². The van der Waals surface area contributed by atoms with E-state index in [9.17, 15) is 9.59 Å². The van der Waals surface area contributed by atoms with Gasteiger partial charge in [-0.15, -0.1) is 0 Å². The smallest absolute Gasteiger partial charge is 0.251 e. The molecule has 6 heteroatoms. The Bertz CT molecular complexity index is 762. The molecule has 2 amide bonds. The molecule has 0 heterocycles. The third-order valence-electron chi connectivity index (χ3n) is 4.30. The van der Waals surface area contributed by atoms with Crippen LogP contribution in [0.15, 0.2) is 48.5 Å². The van der Waals surface area contributed by atoms with Crippen molar-refractivity contribution < 1.29 is 19.1 Å². The molecule has 0 unspecified atom stereocenters. The van der Waals surface area contributed by atoms with Gasteiger partial charge in [0.25, 0.3) is 5.91 Å². The van der Waals surface area contributed by atoms with Crippen LogP contribution in [0.1, 0.15) is 28.9 Å². The second kappa shape index (κ2) is 8.89. The zero-order valence-electron chi connectivity index (χ0n) is 15.5. The monoisotopic (exact) mass is 356 g/mol. The number of nitrogens with zero attached hydrogens (tertiary/aromatic N) is 1. The number of methoxy groups -OCH3 is 2. The summed E-state index contributed by atoms with van der Waals surface area (Å²) in [5, 5.41) is 2.65. The normalized spacial score (nSPS) is 11.4. The molecule has 2 rings (SSSR count). The fourth-order valence-corrected chi connectivity index (χ4v) is 2.53. The van der Waals surface area contributed by atoms with E-state index in [0.29, 0.717) is 17.1 Å². The maximum atomic E-state index is 12.4. The van der Waals surface area contributed by atoms with Gasteiger partial charge in [-0.25, -0.2) is 0 Å². The number of carbonyl (C=O) groups is 2. The third-order valence-corrected chi connectivity index (χ3v) is 4.30. The predicted molar refractivity (Wildman–Crippen MR) is 99.5 cm³/mol. The van der Waals surface area contributed by atoms with Crippen molar-refractivity contribution >= 4 is 11.8 Å². The van der Waals surface area contributed by atoms with Gasteiger partial charge in [0, 0.05) is 12.6 Å². The lowest BCUT2D eigenvalue weighted by molar-refractivity contribution is -0.130. The molecule has 2 aromatic rings. The number of ether oxygens (including phenoxy) is 2. The maximum Gasteiger partial charge on any atom is 0.251 e. The van der Waals surface area contributed by atoms with Gasteiger partial charge in [-0.3, -0.25) is 9.59 Å². The molecule has 0 aromatic heterocycles. The second-order valence-corrected chi connectivity index (χ2v) is 5.84. The van der Waals surface area contributed by atoms with Crippen molar-refractivity contribution in [3.8, 4) is 11.5 Å². The standard InChI is InChI=1S/C20H24N2O4/c1-14(15-8-6-5-7-9-15)22(2)19(23)13-21-20(24)16-10-11-17(25-3)18(12-16)26-4/h5-12,14H,13H2,1-4H3,(H,21,24)/t14-/m0/s1. The van der Waals surface area contributed by atoms with E-state index in [2.05, 4.69) is 5.32 Å². The molecule has 0 saturated heterocycles. The van der Waals surface area contributed by atoms with E-state index in [4.69, 9.17) is 9.47 Å².